The lowest BCUT2D eigenvalue weighted by molar-refractivity contribution is -0.156. The molecule has 34 heavy (non-hydrogen) atoms. The molecule has 2 aromatic carbocycles. The molecule has 2 aliphatic rings. The minimum absolute atomic E-state index is 0.0245. The Morgan fingerprint density at radius 1 is 1.26 bits per heavy atom. The Morgan fingerprint density at radius 2 is 2.03 bits per heavy atom. The van der Waals surface area contributed by atoms with Crippen LogP contribution in [0.15, 0.2) is 36.4 Å². The van der Waals surface area contributed by atoms with Gasteiger partial charge in [-0.3, -0.25) is 19.4 Å². The van der Waals surface area contributed by atoms with E-state index in [1.54, 1.807) is 37.3 Å². The first-order chi connectivity index (χ1) is 16.3. The van der Waals surface area contributed by atoms with Gasteiger partial charge in [-0.15, -0.1) is 0 Å². The van der Waals surface area contributed by atoms with Crippen LogP contribution in [0.1, 0.15) is 46.8 Å². The van der Waals surface area contributed by atoms with Crippen LogP contribution < -0.4 is 10.5 Å². The standard InChI is InChI=1S/C25H30FN3O5/c1-2-8-25(32,24(27)31)29-15-20-19(23(29)30)4-3-5-22(20)34-16-18-13-17(6-7-21(18)26)14-28-9-11-33-12-10-28/h3-7,13,32H,2,8-12,14-16H2,1H3,(H2,27,31). The molecular weight excluding hydrogens is 441 g/mol. The van der Waals surface area contributed by atoms with E-state index in [2.05, 4.69) is 4.90 Å². The van der Waals surface area contributed by atoms with Gasteiger partial charge in [-0.25, -0.2) is 4.39 Å². The number of morpholine rings is 1. The summed E-state index contributed by atoms with van der Waals surface area (Å²) in [5, 5.41) is 10.9. The maximum atomic E-state index is 14.5. The first kappa shape index (κ1) is 24.1. The Morgan fingerprint density at radius 3 is 2.74 bits per heavy atom. The number of benzene rings is 2. The summed E-state index contributed by atoms with van der Waals surface area (Å²) in [5.41, 5.74) is 5.61. The molecule has 2 aromatic rings. The number of aliphatic hydroxyl groups is 1. The maximum absolute atomic E-state index is 14.5. The van der Waals surface area contributed by atoms with Crippen molar-refractivity contribution >= 4 is 11.8 Å². The van der Waals surface area contributed by atoms with Gasteiger partial charge in [0.25, 0.3) is 11.8 Å². The van der Waals surface area contributed by atoms with Gasteiger partial charge >= 0.3 is 0 Å². The minimum Gasteiger partial charge on any atom is -0.488 e. The zero-order valence-electron chi connectivity index (χ0n) is 19.3. The molecule has 0 saturated carbocycles. The van der Waals surface area contributed by atoms with E-state index in [9.17, 15) is 19.1 Å². The molecule has 1 fully saturated rings. The number of hydrogen-bond acceptors (Lipinski definition) is 6. The fraction of sp³-hybridized carbons (Fsp3) is 0.440. The monoisotopic (exact) mass is 471 g/mol. The summed E-state index contributed by atoms with van der Waals surface area (Å²) in [7, 11) is 0. The van der Waals surface area contributed by atoms with Crippen LogP contribution in [0.2, 0.25) is 0 Å². The van der Waals surface area contributed by atoms with Gasteiger partial charge in [0, 0.05) is 42.7 Å². The van der Waals surface area contributed by atoms with Crippen LogP contribution in [0.5, 0.6) is 5.75 Å². The number of halogens is 1. The summed E-state index contributed by atoms with van der Waals surface area (Å²) in [6, 6.07) is 9.95. The van der Waals surface area contributed by atoms with Crippen LogP contribution in [0.4, 0.5) is 4.39 Å². The third kappa shape index (κ3) is 4.77. The predicted molar refractivity (Wildman–Crippen MR) is 122 cm³/mol. The topological polar surface area (TPSA) is 105 Å². The minimum atomic E-state index is -2.08. The van der Waals surface area contributed by atoms with Crippen LogP contribution in [0.3, 0.4) is 0 Å². The second-order valence-electron chi connectivity index (χ2n) is 8.71. The molecule has 2 amide bonds. The highest BCUT2D eigenvalue weighted by atomic mass is 19.1. The molecule has 0 bridgehead atoms. The van der Waals surface area contributed by atoms with Gasteiger partial charge in [0.1, 0.15) is 18.2 Å². The smallest absolute Gasteiger partial charge is 0.270 e. The molecule has 0 aliphatic carbocycles. The number of nitrogens with zero attached hydrogens (tertiary/aromatic N) is 2. The Hall–Kier alpha value is -3.01. The quantitative estimate of drug-likeness (QED) is 0.581. The molecule has 2 heterocycles. The third-order valence-electron chi connectivity index (χ3n) is 6.37. The molecule has 0 radical (unpaired) electrons. The van der Waals surface area contributed by atoms with Crippen molar-refractivity contribution in [3.8, 4) is 5.75 Å². The normalized spacial score (nSPS) is 18.0. The van der Waals surface area contributed by atoms with E-state index >= 15 is 0 Å². The van der Waals surface area contributed by atoms with Crippen LogP contribution in [-0.4, -0.2) is 58.7 Å². The summed E-state index contributed by atoms with van der Waals surface area (Å²) in [6.07, 6.45) is 0.488. The summed E-state index contributed by atoms with van der Waals surface area (Å²) in [6.45, 7) is 5.48. The van der Waals surface area contributed by atoms with E-state index in [0.29, 0.717) is 48.6 Å². The molecule has 0 aromatic heterocycles. The largest absolute Gasteiger partial charge is 0.488 e. The molecule has 182 valence electrons. The third-order valence-corrected chi connectivity index (χ3v) is 6.37. The van der Waals surface area contributed by atoms with Crippen molar-refractivity contribution < 1.29 is 28.6 Å². The number of fused-ring (bicyclic) bond motifs is 1. The lowest BCUT2D eigenvalue weighted by atomic mass is 10.1. The van der Waals surface area contributed by atoms with E-state index in [1.165, 1.54) is 6.07 Å². The average molecular weight is 472 g/mol. The summed E-state index contributed by atoms with van der Waals surface area (Å²) in [5.74, 6) is -1.44. The van der Waals surface area contributed by atoms with Crippen LogP contribution in [0, 0.1) is 5.82 Å². The van der Waals surface area contributed by atoms with Gasteiger partial charge in [0.05, 0.1) is 19.8 Å². The van der Waals surface area contributed by atoms with Crippen molar-refractivity contribution in [1.29, 1.82) is 0 Å². The second kappa shape index (κ2) is 10.1. The number of nitrogens with two attached hydrogens (primary N) is 1. The van der Waals surface area contributed by atoms with Crippen molar-refractivity contribution in [3.63, 3.8) is 0 Å². The SMILES string of the molecule is CCCC(O)(C(N)=O)N1Cc2c(OCc3cc(CN4CCOCC4)ccc3F)cccc2C1=O. The first-order valence-corrected chi connectivity index (χ1v) is 11.5. The highest BCUT2D eigenvalue weighted by Crippen LogP contribution is 2.36. The molecule has 4 rings (SSSR count). The van der Waals surface area contributed by atoms with Gasteiger partial charge in [-0.1, -0.05) is 25.5 Å². The van der Waals surface area contributed by atoms with Crippen molar-refractivity contribution in [2.24, 2.45) is 5.73 Å². The van der Waals surface area contributed by atoms with Gasteiger partial charge in [0.15, 0.2) is 0 Å². The van der Waals surface area contributed by atoms with Crippen LogP contribution in [-0.2, 0) is 29.2 Å². The number of hydrogen-bond donors (Lipinski definition) is 2. The number of ether oxygens (including phenoxy) is 2. The summed E-state index contributed by atoms with van der Waals surface area (Å²) in [4.78, 5) is 28.3. The summed E-state index contributed by atoms with van der Waals surface area (Å²) >= 11 is 0. The average Bonchev–Trinajstić information content (AvgIpc) is 3.18. The molecule has 3 N–H and O–H groups in total. The molecule has 9 heteroatoms. The highest BCUT2D eigenvalue weighted by molar-refractivity contribution is 6.02. The van der Waals surface area contributed by atoms with E-state index in [1.807, 2.05) is 0 Å². The predicted octanol–water partition coefficient (Wildman–Crippen LogP) is 2.17. The van der Waals surface area contributed by atoms with Crippen molar-refractivity contribution in [3.05, 3.63) is 64.5 Å². The van der Waals surface area contributed by atoms with Crippen LogP contribution in [0.25, 0.3) is 0 Å². The fourth-order valence-corrected chi connectivity index (χ4v) is 4.49. The molecule has 0 spiro atoms. The van der Waals surface area contributed by atoms with Crippen molar-refractivity contribution in [1.82, 2.24) is 9.80 Å². The number of primary amides is 1. The van der Waals surface area contributed by atoms with Gasteiger partial charge in [0.2, 0.25) is 5.72 Å². The zero-order valence-corrected chi connectivity index (χ0v) is 19.3. The number of carbonyl (C=O) groups is 2. The molecule has 1 saturated heterocycles. The van der Waals surface area contributed by atoms with E-state index < -0.39 is 17.5 Å². The number of amides is 2. The molecular formula is C25H30FN3O5. The van der Waals surface area contributed by atoms with Crippen molar-refractivity contribution in [2.75, 3.05) is 26.3 Å². The Bertz CT molecular complexity index is 1070. The van der Waals surface area contributed by atoms with Crippen LogP contribution >= 0.6 is 0 Å². The first-order valence-electron chi connectivity index (χ1n) is 11.5. The van der Waals surface area contributed by atoms with Gasteiger partial charge in [-0.05, 0) is 29.8 Å². The molecule has 1 unspecified atom stereocenters. The second-order valence-corrected chi connectivity index (χ2v) is 8.71. The Labute approximate surface area is 198 Å². The fourth-order valence-electron chi connectivity index (χ4n) is 4.49. The van der Waals surface area contributed by atoms with Gasteiger partial charge in [-0.2, -0.15) is 0 Å². The van der Waals surface area contributed by atoms with E-state index in [0.717, 1.165) is 23.6 Å². The maximum Gasteiger partial charge on any atom is 0.270 e. The zero-order chi connectivity index (χ0) is 24.3. The number of rotatable bonds is 9. The molecule has 8 nitrogen and oxygen atoms in total. The van der Waals surface area contributed by atoms with E-state index in [4.69, 9.17) is 15.2 Å². The lowest BCUT2D eigenvalue weighted by Gasteiger charge is -2.34. The van der Waals surface area contributed by atoms with E-state index in [-0.39, 0.29) is 25.4 Å². The molecule has 1 atom stereocenters. The lowest BCUT2D eigenvalue weighted by Crippen LogP contribution is -2.57. The van der Waals surface area contributed by atoms with Gasteiger partial charge < -0.3 is 20.3 Å². The summed E-state index contributed by atoms with van der Waals surface area (Å²) < 4.78 is 25.8. The molecule has 2 aliphatic heterocycles. The van der Waals surface area contributed by atoms with Crippen molar-refractivity contribution in [2.45, 2.75) is 45.2 Å². The number of carbonyl (C=O) groups excluding carboxylic acids is 2. The Kier molecular flexibility index (Phi) is 7.16. The highest BCUT2D eigenvalue weighted by Gasteiger charge is 2.47. The Balaban J connectivity index is 1.51.